The van der Waals surface area contributed by atoms with E-state index in [1.807, 2.05) is 0 Å². The van der Waals surface area contributed by atoms with Crippen LogP contribution in [0.4, 0.5) is 10.8 Å². The number of halogens is 1. The SMILES string of the molecule is COc1ccccc1NS(=O)(=O)c1ccc(O)c(C(=O)OCC(=O)Nc2ncc(Br)s2)c1. The number of nitrogens with zero attached hydrogens (tertiary/aromatic N) is 1. The molecule has 0 atom stereocenters. The molecule has 0 saturated heterocycles. The Morgan fingerprint density at radius 3 is 2.66 bits per heavy atom. The quantitative estimate of drug-likeness (QED) is 0.368. The van der Waals surface area contributed by atoms with Crippen LogP contribution in [-0.2, 0) is 19.6 Å². The number of carbonyl (C=O) groups is 2. The monoisotopic (exact) mass is 541 g/mol. The highest BCUT2D eigenvalue weighted by atomic mass is 79.9. The fourth-order valence-corrected chi connectivity index (χ4v) is 4.67. The molecular weight excluding hydrogens is 526 g/mol. The molecule has 3 aromatic rings. The van der Waals surface area contributed by atoms with Crippen LogP contribution in [0.3, 0.4) is 0 Å². The standard InChI is InChI=1S/C19H16BrN3O7S2/c1-29-15-5-3-2-4-13(15)23-32(27,28)11-6-7-14(24)12(8-11)18(26)30-10-17(25)22-19-21-9-16(20)31-19/h2-9,23-24H,10H2,1H3,(H,21,22,25). The van der Waals surface area contributed by atoms with Crippen LogP contribution < -0.4 is 14.8 Å². The number of benzene rings is 2. The molecule has 3 N–H and O–H groups in total. The van der Waals surface area contributed by atoms with Gasteiger partial charge in [-0.3, -0.25) is 14.8 Å². The number of phenols is 1. The minimum absolute atomic E-state index is 0.192. The van der Waals surface area contributed by atoms with Gasteiger partial charge in [-0.15, -0.1) is 0 Å². The number of carbonyl (C=O) groups excluding carboxylic acids is 2. The van der Waals surface area contributed by atoms with E-state index in [4.69, 9.17) is 9.47 Å². The molecule has 0 saturated carbocycles. The Morgan fingerprint density at radius 2 is 1.97 bits per heavy atom. The lowest BCUT2D eigenvalue weighted by Gasteiger charge is -2.13. The first-order valence-electron chi connectivity index (χ1n) is 8.77. The van der Waals surface area contributed by atoms with Gasteiger partial charge >= 0.3 is 5.97 Å². The Labute approximate surface area is 195 Å². The van der Waals surface area contributed by atoms with Crippen LogP contribution in [0.25, 0.3) is 0 Å². The summed E-state index contributed by atoms with van der Waals surface area (Å²) < 4.78 is 38.6. The number of amides is 1. The van der Waals surface area contributed by atoms with E-state index in [2.05, 4.69) is 31.0 Å². The van der Waals surface area contributed by atoms with Crippen LogP contribution in [0.5, 0.6) is 11.5 Å². The number of thiazole rings is 1. The third-order valence-electron chi connectivity index (χ3n) is 3.91. The molecule has 0 radical (unpaired) electrons. The number of rotatable bonds is 8. The van der Waals surface area contributed by atoms with Gasteiger partial charge in [0.05, 0.1) is 27.7 Å². The van der Waals surface area contributed by atoms with Crippen LogP contribution in [0, 0.1) is 0 Å². The van der Waals surface area contributed by atoms with Crippen molar-refractivity contribution in [2.45, 2.75) is 4.90 Å². The molecule has 0 unspecified atom stereocenters. The first-order chi connectivity index (χ1) is 15.2. The smallest absolute Gasteiger partial charge is 0.342 e. The summed E-state index contributed by atoms with van der Waals surface area (Å²) in [6, 6.07) is 9.49. The summed E-state index contributed by atoms with van der Waals surface area (Å²) in [6.07, 6.45) is 1.50. The fourth-order valence-electron chi connectivity index (χ4n) is 2.45. The normalized spacial score (nSPS) is 10.9. The van der Waals surface area contributed by atoms with E-state index in [0.717, 1.165) is 18.2 Å². The maximum atomic E-state index is 12.8. The maximum Gasteiger partial charge on any atom is 0.342 e. The lowest BCUT2D eigenvalue weighted by Crippen LogP contribution is -2.21. The number of aromatic nitrogens is 1. The van der Waals surface area contributed by atoms with Crippen LogP contribution in [0.2, 0.25) is 0 Å². The van der Waals surface area contributed by atoms with Crippen molar-refractivity contribution in [1.82, 2.24) is 4.98 Å². The molecule has 1 heterocycles. The number of nitrogens with one attached hydrogen (secondary N) is 2. The average Bonchev–Trinajstić information content (AvgIpc) is 3.16. The number of methoxy groups -OCH3 is 1. The van der Waals surface area contributed by atoms with Gasteiger partial charge in [0.25, 0.3) is 15.9 Å². The summed E-state index contributed by atoms with van der Waals surface area (Å²) in [5.41, 5.74) is -0.226. The zero-order valence-corrected chi connectivity index (χ0v) is 19.6. The molecule has 10 nitrogen and oxygen atoms in total. The van der Waals surface area contributed by atoms with Crippen molar-refractivity contribution in [1.29, 1.82) is 0 Å². The summed E-state index contributed by atoms with van der Waals surface area (Å²) in [4.78, 5) is 27.9. The zero-order valence-electron chi connectivity index (χ0n) is 16.4. The van der Waals surface area contributed by atoms with E-state index in [1.54, 1.807) is 18.2 Å². The molecule has 0 aliphatic carbocycles. The lowest BCUT2D eigenvalue weighted by atomic mass is 10.2. The summed E-state index contributed by atoms with van der Waals surface area (Å²) >= 11 is 4.37. The minimum atomic E-state index is -4.13. The lowest BCUT2D eigenvalue weighted by molar-refractivity contribution is -0.119. The summed E-state index contributed by atoms with van der Waals surface area (Å²) in [5, 5.41) is 12.7. The number of hydrogen-bond acceptors (Lipinski definition) is 9. The Hall–Kier alpha value is -3.16. The number of hydrogen-bond donors (Lipinski definition) is 3. The maximum absolute atomic E-state index is 12.8. The number of esters is 1. The predicted octanol–water partition coefficient (Wildman–Crippen LogP) is 3.22. The molecule has 0 aliphatic heterocycles. The van der Waals surface area contributed by atoms with Gasteiger partial charge in [-0.25, -0.2) is 18.2 Å². The summed E-state index contributed by atoms with van der Waals surface area (Å²) in [6.45, 7) is -0.661. The van der Waals surface area contributed by atoms with Gasteiger partial charge in [0.15, 0.2) is 11.7 Å². The molecule has 3 rings (SSSR count). The molecule has 2 aromatic carbocycles. The van der Waals surface area contributed by atoms with E-state index < -0.39 is 39.8 Å². The molecule has 13 heteroatoms. The van der Waals surface area contributed by atoms with Crippen molar-refractivity contribution in [3.8, 4) is 11.5 Å². The van der Waals surface area contributed by atoms with Gasteiger partial charge in [0.1, 0.15) is 17.1 Å². The van der Waals surface area contributed by atoms with Gasteiger partial charge < -0.3 is 14.6 Å². The average molecular weight is 542 g/mol. The highest BCUT2D eigenvalue weighted by Crippen LogP contribution is 2.28. The van der Waals surface area contributed by atoms with E-state index >= 15 is 0 Å². The number of anilines is 2. The third-order valence-corrected chi connectivity index (χ3v) is 6.66. The fraction of sp³-hybridized carbons (Fsp3) is 0.105. The highest BCUT2D eigenvalue weighted by Gasteiger charge is 2.22. The second-order valence-electron chi connectivity index (χ2n) is 6.08. The molecule has 0 aliphatic rings. The van der Waals surface area contributed by atoms with E-state index in [0.29, 0.717) is 14.7 Å². The predicted molar refractivity (Wildman–Crippen MR) is 121 cm³/mol. The second kappa shape index (κ2) is 9.97. The molecule has 168 valence electrons. The zero-order chi connectivity index (χ0) is 23.3. The van der Waals surface area contributed by atoms with E-state index in [-0.39, 0.29) is 10.6 Å². The van der Waals surface area contributed by atoms with Crippen molar-refractivity contribution in [3.05, 3.63) is 58.0 Å². The van der Waals surface area contributed by atoms with E-state index in [1.165, 1.54) is 30.7 Å². The Bertz CT molecular complexity index is 1260. The molecule has 0 bridgehead atoms. The Balaban J connectivity index is 1.72. The molecule has 1 aromatic heterocycles. The second-order valence-corrected chi connectivity index (χ2v) is 10.2. The van der Waals surface area contributed by atoms with Crippen molar-refractivity contribution < 1.29 is 32.6 Å². The van der Waals surface area contributed by atoms with Crippen LogP contribution in [-0.4, -0.2) is 44.1 Å². The first kappa shape index (κ1) is 23.5. The van der Waals surface area contributed by atoms with Crippen molar-refractivity contribution >= 4 is 60.0 Å². The highest BCUT2D eigenvalue weighted by molar-refractivity contribution is 9.11. The van der Waals surface area contributed by atoms with Crippen LogP contribution in [0.15, 0.2) is 57.3 Å². The van der Waals surface area contributed by atoms with Crippen LogP contribution >= 0.6 is 27.3 Å². The number of ether oxygens (including phenoxy) is 2. The minimum Gasteiger partial charge on any atom is -0.507 e. The molecule has 1 amide bonds. The van der Waals surface area contributed by atoms with Crippen molar-refractivity contribution in [2.24, 2.45) is 0 Å². The Morgan fingerprint density at radius 1 is 1.22 bits per heavy atom. The van der Waals surface area contributed by atoms with Gasteiger partial charge in [0.2, 0.25) is 0 Å². The molecule has 0 spiro atoms. The number of para-hydroxylation sites is 2. The third kappa shape index (κ3) is 5.75. The Kier molecular flexibility index (Phi) is 7.33. The van der Waals surface area contributed by atoms with Crippen LogP contribution in [0.1, 0.15) is 10.4 Å². The summed E-state index contributed by atoms with van der Waals surface area (Å²) in [7, 11) is -2.73. The van der Waals surface area contributed by atoms with E-state index in [9.17, 15) is 23.1 Å². The van der Waals surface area contributed by atoms with Gasteiger partial charge in [-0.05, 0) is 46.3 Å². The number of phenolic OH excluding ortho intramolecular Hbond substituents is 1. The topological polar surface area (TPSA) is 144 Å². The summed E-state index contributed by atoms with van der Waals surface area (Å²) in [5.74, 6) is -1.93. The number of sulfonamides is 1. The van der Waals surface area contributed by atoms with Gasteiger partial charge in [-0.2, -0.15) is 0 Å². The molecule has 0 fully saturated rings. The van der Waals surface area contributed by atoms with Gasteiger partial charge in [0, 0.05) is 0 Å². The molecular formula is C19H16BrN3O7S2. The number of aromatic hydroxyl groups is 1. The van der Waals surface area contributed by atoms with Gasteiger partial charge in [-0.1, -0.05) is 23.5 Å². The largest absolute Gasteiger partial charge is 0.507 e. The van der Waals surface area contributed by atoms with Crippen molar-refractivity contribution in [2.75, 3.05) is 23.8 Å². The first-order valence-corrected chi connectivity index (χ1v) is 11.9. The van der Waals surface area contributed by atoms with Crippen molar-refractivity contribution in [3.63, 3.8) is 0 Å². The molecule has 32 heavy (non-hydrogen) atoms.